The van der Waals surface area contributed by atoms with E-state index in [1.165, 1.54) is 16.7 Å². The van der Waals surface area contributed by atoms with E-state index in [0.717, 1.165) is 18.7 Å². The molecule has 1 aromatic carbocycles. The number of hydrogen-bond donors (Lipinski definition) is 0. The van der Waals surface area contributed by atoms with E-state index in [1.54, 1.807) is 0 Å². The Balaban J connectivity index is 2.72. The van der Waals surface area contributed by atoms with E-state index in [9.17, 15) is 0 Å². The van der Waals surface area contributed by atoms with Gasteiger partial charge in [0, 0.05) is 5.88 Å². The molecule has 0 bridgehead atoms. The summed E-state index contributed by atoms with van der Waals surface area (Å²) < 4.78 is 0. The Kier molecular flexibility index (Phi) is 3.61. The number of rotatable bonds is 3. The fraction of sp³-hybridized carbons (Fsp3) is 0.455. The SMILES string of the molecule is Cc1cc(C)cc(CCCCl)c1. The Morgan fingerprint density at radius 3 is 2.17 bits per heavy atom. The Bertz CT molecular complexity index is 233. The maximum atomic E-state index is 5.63. The molecule has 1 aromatic rings. The number of hydrogen-bond acceptors (Lipinski definition) is 0. The molecule has 0 nitrogen and oxygen atoms in total. The van der Waals surface area contributed by atoms with Gasteiger partial charge in [0.25, 0.3) is 0 Å². The largest absolute Gasteiger partial charge is 0.127 e. The highest BCUT2D eigenvalue weighted by atomic mass is 35.5. The Labute approximate surface area is 79.6 Å². The molecule has 12 heavy (non-hydrogen) atoms. The molecule has 0 unspecified atom stereocenters. The van der Waals surface area contributed by atoms with Gasteiger partial charge in [0.05, 0.1) is 0 Å². The molecule has 0 amide bonds. The predicted octanol–water partition coefficient (Wildman–Crippen LogP) is 3.47. The molecule has 0 radical (unpaired) electrons. The first kappa shape index (κ1) is 9.60. The summed E-state index contributed by atoms with van der Waals surface area (Å²) in [5.41, 5.74) is 4.10. The molecule has 0 N–H and O–H groups in total. The van der Waals surface area contributed by atoms with Crippen LogP contribution in [0.15, 0.2) is 18.2 Å². The highest BCUT2D eigenvalue weighted by Crippen LogP contribution is 2.10. The minimum absolute atomic E-state index is 0.757. The van der Waals surface area contributed by atoms with Crippen LogP contribution in [0.3, 0.4) is 0 Å². The van der Waals surface area contributed by atoms with Crippen molar-refractivity contribution < 1.29 is 0 Å². The third-order valence-corrected chi connectivity index (χ3v) is 2.15. The predicted molar refractivity (Wildman–Crippen MR) is 55.0 cm³/mol. The number of aryl methyl sites for hydroxylation is 3. The zero-order chi connectivity index (χ0) is 8.97. The second-order valence-electron chi connectivity index (χ2n) is 3.29. The van der Waals surface area contributed by atoms with Crippen LogP contribution in [0.1, 0.15) is 23.1 Å². The standard InChI is InChI=1S/C11H15Cl/c1-9-6-10(2)8-11(7-9)4-3-5-12/h6-8H,3-5H2,1-2H3. The fourth-order valence-corrected chi connectivity index (χ4v) is 1.62. The van der Waals surface area contributed by atoms with Gasteiger partial charge in [0.2, 0.25) is 0 Å². The summed E-state index contributed by atoms with van der Waals surface area (Å²) in [5.74, 6) is 0.757. The Hall–Kier alpha value is -0.490. The molecule has 0 aromatic heterocycles. The van der Waals surface area contributed by atoms with E-state index >= 15 is 0 Å². The highest BCUT2D eigenvalue weighted by molar-refractivity contribution is 6.17. The molecule has 66 valence electrons. The molecular weight excluding hydrogens is 168 g/mol. The van der Waals surface area contributed by atoms with E-state index in [1.807, 2.05) is 0 Å². The van der Waals surface area contributed by atoms with Crippen LogP contribution in [0.4, 0.5) is 0 Å². The van der Waals surface area contributed by atoms with Gasteiger partial charge in [-0.2, -0.15) is 0 Å². The summed E-state index contributed by atoms with van der Waals surface area (Å²) in [5, 5.41) is 0. The van der Waals surface area contributed by atoms with Crippen molar-refractivity contribution in [1.82, 2.24) is 0 Å². The van der Waals surface area contributed by atoms with E-state index in [-0.39, 0.29) is 0 Å². The van der Waals surface area contributed by atoms with Gasteiger partial charge in [0.1, 0.15) is 0 Å². The van der Waals surface area contributed by atoms with Crippen LogP contribution in [-0.4, -0.2) is 5.88 Å². The summed E-state index contributed by atoms with van der Waals surface area (Å²) in [7, 11) is 0. The molecule has 0 saturated heterocycles. The van der Waals surface area contributed by atoms with Crippen molar-refractivity contribution in [3.05, 3.63) is 34.9 Å². The van der Waals surface area contributed by atoms with E-state index < -0.39 is 0 Å². The van der Waals surface area contributed by atoms with E-state index in [4.69, 9.17) is 11.6 Å². The van der Waals surface area contributed by atoms with Crippen LogP contribution >= 0.6 is 11.6 Å². The lowest BCUT2D eigenvalue weighted by molar-refractivity contribution is 0.925. The molecule has 0 saturated carbocycles. The second-order valence-corrected chi connectivity index (χ2v) is 3.67. The maximum absolute atomic E-state index is 5.63. The Morgan fingerprint density at radius 1 is 1.08 bits per heavy atom. The lowest BCUT2D eigenvalue weighted by atomic mass is 10.0. The molecule has 0 spiro atoms. The van der Waals surface area contributed by atoms with Gasteiger partial charge < -0.3 is 0 Å². The second kappa shape index (κ2) is 4.51. The first-order valence-corrected chi connectivity index (χ1v) is 4.89. The van der Waals surface area contributed by atoms with Gasteiger partial charge in [-0.25, -0.2) is 0 Å². The molecule has 1 rings (SSSR count). The molecular formula is C11H15Cl. The van der Waals surface area contributed by atoms with Gasteiger partial charge in [-0.15, -0.1) is 11.6 Å². The summed E-state index contributed by atoms with van der Waals surface area (Å²) >= 11 is 5.63. The molecule has 0 heterocycles. The smallest absolute Gasteiger partial charge is 0.0226 e. The van der Waals surface area contributed by atoms with Crippen molar-refractivity contribution in [3.8, 4) is 0 Å². The Morgan fingerprint density at radius 2 is 1.67 bits per heavy atom. The lowest BCUT2D eigenvalue weighted by Gasteiger charge is -2.02. The zero-order valence-electron chi connectivity index (χ0n) is 7.73. The first-order valence-electron chi connectivity index (χ1n) is 4.35. The van der Waals surface area contributed by atoms with Gasteiger partial charge in [-0.3, -0.25) is 0 Å². The lowest BCUT2D eigenvalue weighted by Crippen LogP contribution is -1.88. The molecule has 0 atom stereocenters. The summed E-state index contributed by atoms with van der Waals surface area (Å²) in [6.07, 6.45) is 2.18. The molecule has 0 aliphatic carbocycles. The number of benzene rings is 1. The average Bonchev–Trinajstić information content (AvgIpc) is 1.99. The van der Waals surface area contributed by atoms with Gasteiger partial charge in [-0.05, 0) is 32.3 Å². The van der Waals surface area contributed by atoms with Crippen molar-refractivity contribution >= 4 is 11.6 Å². The van der Waals surface area contributed by atoms with Gasteiger partial charge >= 0.3 is 0 Å². The van der Waals surface area contributed by atoms with Crippen LogP contribution in [0.5, 0.6) is 0 Å². The van der Waals surface area contributed by atoms with Crippen LogP contribution in [0, 0.1) is 13.8 Å². The monoisotopic (exact) mass is 182 g/mol. The third-order valence-electron chi connectivity index (χ3n) is 1.88. The summed E-state index contributed by atoms with van der Waals surface area (Å²) in [6, 6.07) is 6.67. The van der Waals surface area contributed by atoms with Crippen molar-refractivity contribution in [3.63, 3.8) is 0 Å². The van der Waals surface area contributed by atoms with E-state index in [0.29, 0.717) is 0 Å². The van der Waals surface area contributed by atoms with Crippen LogP contribution in [-0.2, 0) is 6.42 Å². The molecule has 0 fully saturated rings. The quantitative estimate of drug-likeness (QED) is 0.628. The molecule has 0 aliphatic heterocycles. The highest BCUT2D eigenvalue weighted by Gasteiger charge is 1.94. The van der Waals surface area contributed by atoms with Crippen molar-refractivity contribution in [1.29, 1.82) is 0 Å². The summed E-state index contributed by atoms with van der Waals surface area (Å²) in [4.78, 5) is 0. The van der Waals surface area contributed by atoms with Gasteiger partial charge in [-0.1, -0.05) is 29.3 Å². The van der Waals surface area contributed by atoms with Crippen LogP contribution in [0.25, 0.3) is 0 Å². The fourth-order valence-electron chi connectivity index (χ4n) is 1.48. The molecule has 1 heteroatoms. The average molecular weight is 183 g/mol. The first-order chi connectivity index (χ1) is 5.72. The zero-order valence-corrected chi connectivity index (χ0v) is 8.49. The minimum atomic E-state index is 0.757. The maximum Gasteiger partial charge on any atom is 0.0226 e. The topological polar surface area (TPSA) is 0 Å². The number of alkyl halides is 1. The summed E-state index contributed by atoms with van der Waals surface area (Å²) in [6.45, 7) is 4.27. The van der Waals surface area contributed by atoms with Crippen molar-refractivity contribution in [2.45, 2.75) is 26.7 Å². The van der Waals surface area contributed by atoms with E-state index in [2.05, 4.69) is 32.0 Å². The normalized spacial score (nSPS) is 10.2. The van der Waals surface area contributed by atoms with Crippen LogP contribution < -0.4 is 0 Å². The van der Waals surface area contributed by atoms with Crippen LogP contribution in [0.2, 0.25) is 0 Å². The third kappa shape index (κ3) is 2.86. The molecule has 0 aliphatic rings. The number of halogens is 1. The minimum Gasteiger partial charge on any atom is -0.127 e. The van der Waals surface area contributed by atoms with Crippen molar-refractivity contribution in [2.75, 3.05) is 5.88 Å². The van der Waals surface area contributed by atoms with Gasteiger partial charge in [0.15, 0.2) is 0 Å². The van der Waals surface area contributed by atoms with Crippen molar-refractivity contribution in [2.24, 2.45) is 0 Å².